The molecule has 3 rings (SSSR count). The predicted molar refractivity (Wildman–Crippen MR) is 87.0 cm³/mol. The molecule has 2 fully saturated rings. The lowest BCUT2D eigenvalue weighted by Crippen LogP contribution is -2.39. The first-order valence-electron chi connectivity index (χ1n) is 8.55. The van der Waals surface area contributed by atoms with Gasteiger partial charge in [-0.2, -0.15) is 0 Å². The highest BCUT2D eigenvalue weighted by atomic mass is 19.3. The standard InChI is InChI=1S/C17H24F2N4O/c1-22(2)15-11-20-10-13(21-15)14-4-3-9-23(14)16(24)12-5-7-17(18,19)8-6-12/h10-12,14H,3-9H2,1-2H3/t14-/m0/s1. The SMILES string of the molecule is CN(C)c1cncc([C@@H]2CCCN2C(=O)C2CCC(F)(F)CC2)n1. The molecule has 1 atom stereocenters. The fraction of sp³-hybridized carbons (Fsp3) is 0.706. The van der Waals surface area contributed by atoms with Crippen molar-refractivity contribution in [1.82, 2.24) is 14.9 Å². The average molecular weight is 338 g/mol. The summed E-state index contributed by atoms with van der Waals surface area (Å²) < 4.78 is 26.7. The molecular weight excluding hydrogens is 314 g/mol. The second kappa shape index (κ2) is 6.61. The minimum Gasteiger partial charge on any atom is -0.361 e. The number of hydrogen-bond donors (Lipinski definition) is 0. The van der Waals surface area contributed by atoms with E-state index in [2.05, 4.69) is 9.97 Å². The lowest BCUT2D eigenvalue weighted by molar-refractivity contribution is -0.140. The molecule has 0 radical (unpaired) electrons. The van der Waals surface area contributed by atoms with Crippen LogP contribution in [0.3, 0.4) is 0 Å². The first-order valence-corrected chi connectivity index (χ1v) is 8.55. The van der Waals surface area contributed by atoms with E-state index in [0.29, 0.717) is 6.54 Å². The third kappa shape index (κ3) is 3.49. The molecule has 1 saturated carbocycles. The topological polar surface area (TPSA) is 49.3 Å². The van der Waals surface area contributed by atoms with E-state index in [1.54, 1.807) is 12.4 Å². The Bertz CT molecular complexity index is 598. The van der Waals surface area contributed by atoms with Crippen LogP contribution in [0.2, 0.25) is 0 Å². The molecule has 1 aliphatic carbocycles. The Kier molecular flexibility index (Phi) is 4.69. The van der Waals surface area contributed by atoms with Gasteiger partial charge >= 0.3 is 0 Å². The molecule has 0 N–H and O–H groups in total. The van der Waals surface area contributed by atoms with Gasteiger partial charge in [-0.15, -0.1) is 0 Å². The van der Waals surface area contributed by atoms with Gasteiger partial charge in [-0.3, -0.25) is 9.78 Å². The summed E-state index contributed by atoms with van der Waals surface area (Å²) in [5.74, 6) is -2.13. The number of halogens is 2. The third-order valence-electron chi connectivity index (χ3n) is 5.04. The maximum absolute atomic E-state index is 13.3. The van der Waals surface area contributed by atoms with Crippen molar-refractivity contribution in [2.45, 2.75) is 50.5 Å². The summed E-state index contributed by atoms with van der Waals surface area (Å²) in [6.45, 7) is 0.671. The molecule has 2 heterocycles. The normalized spacial score (nSPS) is 24.2. The molecule has 24 heavy (non-hydrogen) atoms. The largest absolute Gasteiger partial charge is 0.361 e. The number of anilines is 1. The number of rotatable bonds is 3. The number of carbonyl (C=O) groups is 1. The second-order valence-electron chi connectivity index (χ2n) is 7.02. The highest BCUT2D eigenvalue weighted by Crippen LogP contribution is 2.39. The molecule has 1 aromatic rings. The number of likely N-dealkylation sites (tertiary alicyclic amines) is 1. The second-order valence-corrected chi connectivity index (χ2v) is 7.02. The summed E-state index contributed by atoms with van der Waals surface area (Å²) in [6, 6.07) is -0.0904. The van der Waals surface area contributed by atoms with Crippen molar-refractivity contribution in [3.8, 4) is 0 Å². The Morgan fingerprint density at radius 2 is 1.96 bits per heavy atom. The fourth-order valence-electron chi connectivity index (χ4n) is 3.61. The summed E-state index contributed by atoms with van der Waals surface area (Å²) in [7, 11) is 3.79. The summed E-state index contributed by atoms with van der Waals surface area (Å²) in [5.41, 5.74) is 0.785. The van der Waals surface area contributed by atoms with Crippen LogP contribution in [-0.2, 0) is 4.79 Å². The minimum atomic E-state index is -2.60. The van der Waals surface area contributed by atoms with Gasteiger partial charge in [0, 0.05) is 39.4 Å². The Labute approximate surface area is 141 Å². The maximum atomic E-state index is 13.3. The van der Waals surface area contributed by atoms with Gasteiger partial charge in [-0.25, -0.2) is 13.8 Å². The van der Waals surface area contributed by atoms with Crippen molar-refractivity contribution < 1.29 is 13.6 Å². The number of aromatic nitrogens is 2. The quantitative estimate of drug-likeness (QED) is 0.850. The van der Waals surface area contributed by atoms with Gasteiger partial charge in [0.05, 0.1) is 24.1 Å². The molecule has 5 nitrogen and oxygen atoms in total. The number of amides is 1. The molecule has 1 aliphatic heterocycles. The molecule has 132 valence electrons. The van der Waals surface area contributed by atoms with Crippen LogP contribution in [0, 0.1) is 5.92 Å². The predicted octanol–water partition coefficient (Wildman–Crippen LogP) is 3.03. The summed E-state index contributed by atoms with van der Waals surface area (Å²) in [4.78, 5) is 25.4. The van der Waals surface area contributed by atoms with Gasteiger partial charge in [0.2, 0.25) is 11.8 Å². The van der Waals surface area contributed by atoms with Crippen molar-refractivity contribution in [1.29, 1.82) is 0 Å². The highest BCUT2D eigenvalue weighted by Gasteiger charge is 2.41. The van der Waals surface area contributed by atoms with Crippen LogP contribution in [0.25, 0.3) is 0 Å². The van der Waals surface area contributed by atoms with E-state index in [4.69, 9.17) is 0 Å². The van der Waals surface area contributed by atoms with Gasteiger partial charge < -0.3 is 9.80 Å². The smallest absolute Gasteiger partial charge is 0.248 e. The van der Waals surface area contributed by atoms with Gasteiger partial charge in [-0.05, 0) is 25.7 Å². The number of alkyl halides is 2. The molecule has 2 aliphatic rings. The first kappa shape index (κ1) is 17.0. The molecule has 0 unspecified atom stereocenters. The van der Waals surface area contributed by atoms with Crippen LogP contribution >= 0.6 is 0 Å². The molecule has 0 aromatic carbocycles. The zero-order chi connectivity index (χ0) is 17.3. The molecule has 0 bridgehead atoms. The fourth-order valence-corrected chi connectivity index (χ4v) is 3.61. The molecule has 1 amide bonds. The van der Waals surface area contributed by atoms with Crippen LogP contribution in [0.1, 0.15) is 50.3 Å². The van der Waals surface area contributed by atoms with Crippen LogP contribution in [-0.4, -0.2) is 47.3 Å². The van der Waals surface area contributed by atoms with E-state index in [9.17, 15) is 13.6 Å². The molecule has 1 aromatic heterocycles. The molecule has 1 saturated heterocycles. The lowest BCUT2D eigenvalue weighted by Gasteiger charge is -2.32. The Morgan fingerprint density at radius 1 is 1.25 bits per heavy atom. The van der Waals surface area contributed by atoms with Crippen LogP contribution in [0.15, 0.2) is 12.4 Å². The Balaban J connectivity index is 1.73. The van der Waals surface area contributed by atoms with E-state index in [1.807, 2.05) is 23.9 Å². The number of nitrogens with zero attached hydrogens (tertiary/aromatic N) is 4. The van der Waals surface area contributed by atoms with Crippen LogP contribution in [0.4, 0.5) is 14.6 Å². The lowest BCUT2D eigenvalue weighted by atomic mass is 9.85. The summed E-state index contributed by atoms with van der Waals surface area (Å²) in [5, 5.41) is 0. The van der Waals surface area contributed by atoms with Gasteiger partial charge in [-0.1, -0.05) is 0 Å². The molecular formula is C17H24F2N4O. The summed E-state index contributed by atoms with van der Waals surface area (Å²) >= 11 is 0. The monoisotopic (exact) mass is 338 g/mol. The third-order valence-corrected chi connectivity index (χ3v) is 5.04. The maximum Gasteiger partial charge on any atom is 0.248 e. The Hall–Kier alpha value is -1.79. The number of hydrogen-bond acceptors (Lipinski definition) is 4. The number of carbonyl (C=O) groups excluding carboxylic acids is 1. The highest BCUT2D eigenvalue weighted by molar-refractivity contribution is 5.79. The first-order chi connectivity index (χ1) is 11.4. The zero-order valence-electron chi connectivity index (χ0n) is 14.2. The van der Waals surface area contributed by atoms with E-state index >= 15 is 0 Å². The van der Waals surface area contributed by atoms with Gasteiger partial charge in [0.25, 0.3) is 0 Å². The van der Waals surface area contributed by atoms with E-state index in [-0.39, 0.29) is 43.6 Å². The minimum absolute atomic E-state index is 0.00468. The Morgan fingerprint density at radius 3 is 2.62 bits per heavy atom. The zero-order valence-corrected chi connectivity index (χ0v) is 14.2. The van der Waals surface area contributed by atoms with Crippen molar-refractivity contribution in [2.75, 3.05) is 25.5 Å². The van der Waals surface area contributed by atoms with E-state index in [1.165, 1.54) is 0 Å². The van der Waals surface area contributed by atoms with Gasteiger partial charge in [0.1, 0.15) is 5.82 Å². The van der Waals surface area contributed by atoms with Crippen molar-refractivity contribution in [3.63, 3.8) is 0 Å². The summed E-state index contributed by atoms with van der Waals surface area (Å²) in [6.07, 6.45) is 5.34. The molecule has 7 heteroatoms. The van der Waals surface area contributed by atoms with Crippen LogP contribution in [0.5, 0.6) is 0 Å². The van der Waals surface area contributed by atoms with Crippen molar-refractivity contribution in [3.05, 3.63) is 18.1 Å². The van der Waals surface area contributed by atoms with E-state index in [0.717, 1.165) is 24.4 Å². The van der Waals surface area contributed by atoms with Gasteiger partial charge in [0.15, 0.2) is 0 Å². The average Bonchev–Trinajstić information content (AvgIpc) is 3.04. The van der Waals surface area contributed by atoms with E-state index < -0.39 is 5.92 Å². The molecule has 0 spiro atoms. The van der Waals surface area contributed by atoms with Crippen LogP contribution < -0.4 is 4.90 Å². The van der Waals surface area contributed by atoms with Crippen molar-refractivity contribution >= 4 is 11.7 Å². The van der Waals surface area contributed by atoms with Crippen molar-refractivity contribution in [2.24, 2.45) is 5.92 Å².